The highest BCUT2D eigenvalue weighted by Gasteiger charge is 2.28. The molecule has 9 heteroatoms. The Balaban J connectivity index is 3.99. The van der Waals surface area contributed by atoms with E-state index in [0.717, 1.165) is 70.6 Å². The second kappa shape index (κ2) is 73.9. The van der Waals surface area contributed by atoms with E-state index in [9.17, 15) is 19.4 Å². The molecule has 3 unspecified atom stereocenters. The molecule has 0 aliphatic rings. The van der Waals surface area contributed by atoms with Crippen LogP contribution in [0.3, 0.4) is 0 Å². The molecule has 3 N–H and O–H groups in total. The van der Waals surface area contributed by atoms with E-state index in [-0.39, 0.29) is 19.1 Å². The topological polar surface area (TPSA) is 105 Å². The molecule has 8 nitrogen and oxygen atoms in total. The van der Waals surface area contributed by atoms with Crippen LogP contribution in [0.15, 0.2) is 85.1 Å². The number of hydrogen-bond acceptors (Lipinski definition) is 5. The Morgan fingerprint density at radius 3 is 0.989 bits per heavy atom. The number of aliphatic hydroxyl groups excluding tert-OH is 1. The van der Waals surface area contributed by atoms with Crippen molar-refractivity contribution in [2.45, 2.75) is 405 Å². The molecular weight excluding hydrogens is 1160 g/mol. The van der Waals surface area contributed by atoms with Gasteiger partial charge in [0.15, 0.2) is 0 Å². The Kier molecular flexibility index (Phi) is 72.1. The first-order valence-electron chi connectivity index (χ1n) is 40.5. The largest absolute Gasteiger partial charge is 0.472 e. The van der Waals surface area contributed by atoms with Crippen LogP contribution in [0.1, 0.15) is 393 Å². The second-order valence-electron chi connectivity index (χ2n) is 28.7. The summed E-state index contributed by atoms with van der Waals surface area (Å²) in [6.45, 7) is 4.73. The summed E-state index contributed by atoms with van der Waals surface area (Å²) in [5.74, 6) is -0.185. The first-order chi connectivity index (χ1) is 45.5. The van der Waals surface area contributed by atoms with Gasteiger partial charge in [-0.25, -0.2) is 4.57 Å². The van der Waals surface area contributed by atoms with Crippen LogP contribution in [0.2, 0.25) is 0 Å². The third-order valence-corrected chi connectivity index (χ3v) is 19.3. The number of amides is 1. The Morgan fingerprint density at radius 2 is 0.656 bits per heavy atom. The minimum absolute atomic E-state index is 0.0533. The van der Waals surface area contributed by atoms with E-state index in [1.807, 2.05) is 27.2 Å². The van der Waals surface area contributed by atoms with Crippen LogP contribution in [0.25, 0.3) is 0 Å². The summed E-state index contributed by atoms with van der Waals surface area (Å²) < 4.78 is 23.9. The molecular formula is C84H158N2O6P+. The molecule has 0 spiro atoms. The Bertz CT molecular complexity index is 1800. The van der Waals surface area contributed by atoms with Gasteiger partial charge in [-0.15, -0.1) is 0 Å². The summed E-state index contributed by atoms with van der Waals surface area (Å²) >= 11 is 0. The summed E-state index contributed by atoms with van der Waals surface area (Å²) in [6.07, 6.45) is 107. The molecule has 0 saturated heterocycles. The standard InChI is InChI=1S/C84H157N2O6P/c1-6-8-10-12-14-16-18-20-22-24-26-28-30-32-34-36-38-40-41-42-43-44-45-46-48-50-52-54-56-58-60-62-64-66-68-70-72-74-76-78-84(88)85-82(81-92-93(89,90)91-80-79-86(3,4)5)83(87)77-75-73-71-69-67-65-63-61-59-57-55-53-51-49-47-39-37-35-33-31-29-27-25-23-21-19-17-15-13-11-9-7-2/h8,10,14,16,20,22,26,28,59,61,67,69,75,77,82-83,87H,6-7,9,11-13,15,17-19,21,23-25,27,29-58,60,62-66,68,70-74,76,78-81H2,1-5H3,(H-,85,88,89,90)/p+1/b10-8-,16-14-,22-20-,28-26-,61-59+,69-67+,77-75+. The van der Waals surface area contributed by atoms with Crippen molar-refractivity contribution in [3.05, 3.63) is 85.1 Å². The summed E-state index contributed by atoms with van der Waals surface area (Å²) in [4.78, 5) is 23.5. The van der Waals surface area contributed by atoms with Crippen LogP contribution in [0.4, 0.5) is 0 Å². The maximum Gasteiger partial charge on any atom is 0.472 e. The zero-order chi connectivity index (χ0) is 67.6. The number of allylic oxidation sites excluding steroid dienone is 13. The van der Waals surface area contributed by atoms with Gasteiger partial charge in [-0.1, -0.05) is 388 Å². The summed E-state index contributed by atoms with van der Waals surface area (Å²) in [5, 5.41) is 14.0. The number of likely N-dealkylation sites (N-methyl/N-ethyl adjacent to an activating group) is 1. The molecule has 0 rings (SSSR count). The van der Waals surface area contributed by atoms with E-state index in [0.29, 0.717) is 17.4 Å². The number of carbonyl (C=O) groups is 1. The van der Waals surface area contributed by atoms with Crippen LogP contribution < -0.4 is 5.32 Å². The molecule has 0 saturated carbocycles. The van der Waals surface area contributed by atoms with Gasteiger partial charge in [-0.2, -0.15) is 0 Å². The van der Waals surface area contributed by atoms with Crippen molar-refractivity contribution < 1.29 is 32.9 Å². The summed E-state index contributed by atoms with van der Waals surface area (Å²) in [7, 11) is 1.56. The molecule has 0 aromatic heterocycles. The van der Waals surface area contributed by atoms with E-state index >= 15 is 0 Å². The van der Waals surface area contributed by atoms with E-state index in [2.05, 4.69) is 92.1 Å². The van der Waals surface area contributed by atoms with Crippen LogP contribution in [-0.4, -0.2) is 73.4 Å². The fourth-order valence-corrected chi connectivity index (χ4v) is 12.9. The molecule has 0 aromatic rings. The first kappa shape index (κ1) is 90.7. The molecule has 544 valence electrons. The van der Waals surface area contributed by atoms with E-state index in [1.54, 1.807) is 6.08 Å². The van der Waals surface area contributed by atoms with E-state index in [1.165, 1.54) is 302 Å². The number of unbranched alkanes of at least 4 members (excludes halogenated alkanes) is 50. The van der Waals surface area contributed by atoms with Crippen LogP contribution in [-0.2, 0) is 18.4 Å². The van der Waals surface area contributed by atoms with Gasteiger partial charge in [0.25, 0.3) is 0 Å². The molecule has 0 fully saturated rings. The predicted molar refractivity (Wildman–Crippen MR) is 410 cm³/mol. The SMILES string of the molecule is CC/C=C\C/C=C\C/C=C\C/C=C\CCCCCCCCCCCCCCCCCCCCCCCCCCCCC(=O)NC(COP(=O)(O)OCC[N+](C)(C)C)C(O)/C=C/CC/C=C/CC/C=C/CCCCCCCCCCCCCCCCCCCCCCCC. The second-order valence-corrected chi connectivity index (χ2v) is 30.2. The number of aliphatic hydroxyl groups is 1. The Morgan fingerprint density at radius 1 is 0.376 bits per heavy atom. The van der Waals surface area contributed by atoms with Gasteiger partial charge in [0.1, 0.15) is 13.2 Å². The third kappa shape index (κ3) is 76.9. The monoisotopic (exact) mass is 1320 g/mol. The lowest BCUT2D eigenvalue weighted by Crippen LogP contribution is -2.45. The highest BCUT2D eigenvalue weighted by atomic mass is 31.2. The summed E-state index contributed by atoms with van der Waals surface area (Å²) in [5.41, 5.74) is 0. The number of quaternary nitrogens is 1. The van der Waals surface area contributed by atoms with Crippen LogP contribution >= 0.6 is 7.82 Å². The minimum atomic E-state index is -4.37. The molecule has 0 aliphatic carbocycles. The highest BCUT2D eigenvalue weighted by molar-refractivity contribution is 7.47. The maximum atomic E-state index is 13.1. The average molecular weight is 1320 g/mol. The fraction of sp³-hybridized carbons (Fsp3) is 0.821. The molecule has 0 heterocycles. The first-order valence-corrected chi connectivity index (χ1v) is 42.0. The smallest absolute Gasteiger partial charge is 0.387 e. The average Bonchev–Trinajstić information content (AvgIpc) is 1.94. The zero-order valence-electron chi connectivity index (χ0n) is 62.5. The lowest BCUT2D eigenvalue weighted by atomic mass is 10.0. The highest BCUT2D eigenvalue weighted by Crippen LogP contribution is 2.43. The quantitative estimate of drug-likeness (QED) is 0.0243. The van der Waals surface area contributed by atoms with E-state index in [4.69, 9.17) is 9.05 Å². The van der Waals surface area contributed by atoms with Crippen molar-refractivity contribution >= 4 is 13.7 Å². The molecule has 0 aromatic carbocycles. The van der Waals surface area contributed by atoms with Crippen LogP contribution in [0, 0.1) is 0 Å². The van der Waals surface area contributed by atoms with Gasteiger partial charge in [-0.3, -0.25) is 13.8 Å². The third-order valence-electron chi connectivity index (χ3n) is 18.3. The Labute approximate surface area is 579 Å². The van der Waals surface area contributed by atoms with Gasteiger partial charge >= 0.3 is 7.82 Å². The van der Waals surface area contributed by atoms with Crippen molar-refractivity contribution in [1.82, 2.24) is 5.32 Å². The zero-order valence-corrected chi connectivity index (χ0v) is 63.4. The number of rotatable bonds is 75. The van der Waals surface area contributed by atoms with Crippen molar-refractivity contribution in [2.24, 2.45) is 0 Å². The number of nitrogens with zero attached hydrogens (tertiary/aromatic N) is 1. The van der Waals surface area contributed by atoms with Crippen molar-refractivity contribution in [3.63, 3.8) is 0 Å². The molecule has 93 heavy (non-hydrogen) atoms. The van der Waals surface area contributed by atoms with Gasteiger partial charge < -0.3 is 19.8 Å². The number of carbonyl (C=O) groups excluding carboxylic acids is 1. The van der Waals surface area contributed by atoms with Gasteiger partial charge in [0, 0.05) is 6.42 Å². The molecule has 1 amide bonds. The van der Waals surface area contributed by atoms with Crippen LogP contribution in [0.5, 0.6) is 0 Å². The van der Waals surface area contributed by atoms with Crippen molar-refractivity contribution in [3.8, 4) is 0 Å². The maximum absolute atomic E-state index is 13.1. The summed E-state index contributed by atoms with van der Waals surface area (Å²) in [6, 6.07) is -0.874. The lowest BCUT2D eigenvalue weighted by Gasteiger charge is -2.25. The number of nitrogens with one attached hydrogen (secondary N) is 1. The molecule has 0 radical (unpaired) electrons. The van der Waals surface area contributed by atoms with Crippen molar-refractivity contribution in [2.75, 3.05) is 40.9 Å². The predicted octanol–water partition coefficient (Wildman–Crippen LogP) is 26.6. The number of phosphoric ester groups is 1. The fourth-order valence-electron chi connectivity index (χ4n) is 12.1. The lowest BCUT2D eigenvalue weighted by molar-refractivity contribution is -0.870. The number of phosphoric acid groups is 1. The minimum Gasteiger partial charge on any atom is -0.387 e. The number of hydrogen-bond donors (Lipinski definition) is 3. The normalized spacial score (nSPS) is 13.9. The van der Waals surface area contributed by atoms with Gasteiger partial charge in [0.2, 0.25) is 5.91 Å². The Hall–Kier alpha value is -2.32. The molecule has 0 aliphatic heterocycles. The molecule has 0 bridgehead atoms. The molecule has 3 atom stereocenters. The van der Waals surface area contributed by atoms with Gasteiger partial charge in [-0.05, 0) is 83.5 Å². The van der Waals surface area contributed by atoms with Crippen molar-refractivity contribution in [1.29, 1.82) is 0 Å². The van der Waals surface area contributed by atoms with Gasteiger partial charge in [0.05, 0.1) is 39.9 Å². The van der Waals surface area contributed by atoms with E-state index < -0.39 is 20.0 Å².